The van der Waals surface area contributed by atoms with E-state index in [0.29, 0.717) is 6.04 Å². The second-order valence-corrected chi connectivity index (χ2v) is 11.4. The third-order valence-electron chi connectivity index (χ3n) is 6.87. The van der Waals surface area contributed by atoms with E-state index in [1.165, 1.54) is 28.7 Å². The van der Waals surface area contributed by atoms with Crippen LogP contribution in [0, 0.1) is 0 Å². The first-order valence-electron chi connectivity index (χ1n) is 12.0. The molecule has 32 heavy (non-hydrogen) atoms. The number of nitrogens with zero attached hydrogens (tertiary/aromatic N) is 4. The van der Waals surface area contributed by atoms with Crippen LogP contribution in [0.3, 0.4) is 0 Å². The maximum Gasteiger partial charge on any atom is 0.410 e. The molecule has 0 aromatic carbocycles. The number of rotatable bonds is 3. The molecule has 2 aromatic rings. The maximum atomic E-state index is 12.3. The molecule has 3 aliphatic rings. The number of fused-ring (bicyclic) bond motifs is 3. The molecule has 1 amide bonds. The highest BCUT2D eigenvalue weighted by Gasteiger charge is 2.32. The molecule has 7 nitrogen and oxygen atoms in total. The fourth-order valence-corrected chi connectivity index (χ4v) is 6.49. The van der Waals surface area contributed by atoms with Crippen molar-refractivity contribution in [3.8, 4) is 5.88 Å². The molecule has 0 bridgehead atoms. The fraction of sp³-hybridized carbons (Fsp3) is 0.708. The predicted molar refractivity (Wildman–Crippen MR) is 125 cm³/mol. The first-order chi connectivity index (χ1) is 15.4. The van der Waals surface area contributed by atoms with Crippen molar-refractivity contribution in [2.45, 2.75) is 83.5 Å². The third kappa shape index (κ3) is 4.57. The van der Waals surface area contributed by atoms with Crippen molar-refractivity contribution in [2.75, 3.05) is 26.2 Å². The van der Waals surface area contributed by atoms with Gasteiger partial charge in [0.05, 0.1) is 5.39 Å². The Labute approximate surface area is 194 Å². The predicted octanol–water partition coefficient (Wildman–Crippen LogP) is 4.42. The monoisotopic (exact) mass is 458 g/mol. The number of aryl methyl sites for hydroxylation is 2. The zero-order valence-electron chi connectivity index (χ0n) is 19.4. The Morgan fingerprint density at radius 3 is 2.53 bits per heavy atom. The van der Waals surface area contributed by atoms with Crippen LogP contribution in [0.15, 0.2) is 6.33 Å². The number of amides is 1. The Kier molecular flexibility index (Phi) is 6.01. The summed E-state index contributed by atoms with van der Waals surface area (Å²) in [7, 11) is 0. The summed E-state index contributed by atoms with van der Waals surface area (Å²) < 4.78 is 12.0. The highest BCUT2D eigenvalue weighted by Crippen LogP contribution is 2.40. The van der Waals surface area contributed by atoms with Crippen LogP contribution in [0.25, 0.3) is 10.2 Å². The molecule has 2 aromatic heterocycles. The van der Waals surface area contributed by atoms with Crippen molar-refractivity contribution < 1.29 is 14.3 Å². The van der Waals surface area contributed by atoms with E-state index < -0.39 is 5.60 Å². The average Bonchev–Trinajstić information content (AvgIpc) is 3.35. The standard InChI is InChI=1S/C24H34N4O3S/c1-24(2,3)31-23(29)28-13-11-27(12-14-28)16-7-9-17(10-8-16)30-21-20-18-5-4-6-19(18)32-22(20)26-15-25-21/h15-17H,4-14H2,1-3H3. The lowest BCUT2D eigenvalue weighted by molar-refractivity contribution is 0.00509. The zero-order chi connectivity index (χ0) is 22.3. The molecule has 3 heterocycles. The third-order valence-corrected chi connectivity index (χ3v) is 8.07. The van der Waals surface area contributed by atoms with Gasteiger partial charge in [-0.3, -0.25) is 4.90 Å². The number of carbonyl (C=O) groups is 1. The van der Waals surface area contributed by atoms with Crippen molar-refractivity contribution in [2.24, 2.45) is 0 Å². The van der Waals surface area contributed by atoms with Crippen LogP contribution in [-0.4, -0.2) is 69.8 Å². The molecule has 0 radical (unpaired) electrons. The number of hydrogen-bond acceptors (Lipinski definition) is 7. The van der Waals surface area contributed by atoms with Gasteiger partial charge in [-0.2, -0.15) is 0 Å². The molecule has 5 rings (SSSR count). The van der Waals surface area contributed by atoms with Gasteiger partial charge in [0.1, 0.15) is 22.9 Å². The van der Waals surface area contributed by atoms with Gasteiger partial charge >= 0.3 is 6.09 Å². The van der Waals surface area contributed by atoms with Crippen molar-refractivity contribution in [3.63, 3.8) is 0 Å². The van der Waals surface area contributed by atoms with Crippen molar-refractivity contribution in [3.05, 3.63) is 16.8 Å². The van der Waals surface area contributed by atoms with Gasteiger partial charge in [0.25, 0.3) is 0 Å². The van der Waals surface area contributed by atoms with E-state index >= 15 is 0 Å². The molecular formula is C24H34N4O3S. The Morgan fingerprint density at radius 1 is 1.06 bits per heavy atom. The summed E-state index contributed by atoms with van der Waals surface area (Å²) in [5.41, 5.74) is 0.988. The molecular weight excluding hydrogens is 424 g/mol. The molecule has 0 N–H and O–H groups in total. The summed E-state index contributed by atoms with van der Waals surface area (Å²) in [6.07, 6.45) is 9.58. The first-order valence-corrected chi connectivity index (χ1v) is 12.8. The van der Waals surface area contributed by atoms with Gasteiger partial charge < -0.3 is 14.4 Å². The van der Waals surface area contributed by atoms with Gasteiger partial charge in [-0.05, 0) is 71.3 Å². The van der Waals surface area contributed by atoms with Crippen LogP contribution in [0.5, 0.6) is 5.88 Å². The molecule has 0 spiro atoms. The van der Waals surface area contributed by atoms with Gasteiger partial charge in [0.15, 0.2) is 0 Å². The van der Waals surface area contributed by atoms with E-state index in [9.17, 15) is 4.79 Å². The van der Waals surface area contributed by atoms with Crippen molar-refractivity contribution in [1.82, 2.24) is 19.8 Å². The first kappa shape index (κ1) is 21.9. The minimum atomic E-state index is -0.440. The summed E-state index contributed by atoms with van der Waals surface area (Å²) >= 11 is 1.81. The average molecular weight is 459 g/mol. The van der Waals surface area contributed by atoms with Crippen LogP contribution >= 0.6 is 11.3 Å². The second-order valence-electron chi connectivity index (χ2n) is 10.3. The number of carbonyl (C=O) groups excluding carboxylic acids is 1. The summed E-state index contributed by atoms with van der Waals surface area (Å²) in [6.45, 7) is 9.08. The highest BCUT2D eigenvalue weighted by atomic mass is 32.1. The largest absolute Gasteiger partial charge is 0.474 e. The summed E-state index contributed by atoms with van der Waals surface area (Å²) in [6, 6.07) is 0.575. The van der Waals surface area contributed by atoms with Gasteiger partial charge in [-0.1, -0.05) is 0 Å². The van der Waals surface area contributed by atoms with E-state index in [0.717, 1.165) is 69.0 Å². The molecule has 1 saturated heterocycles. The van der Waals surface area contributed by atoms with E-state index in [-0.39, 0.29) is 12.2 Å². The smallest absolute Gasteiger partial charge is 0.410 e. The van der Waals surface area contributed by atoms with E-state index in [2.05, 4.69) is 14.9 Å². The fourth-order valence-electron chi connectivity index (χ4n) is 5.27. The van der Waals surface area contributed by atoms with E-state index in [1.54, 1.807) is 6.33 Å². The summed E-state index contributed by atoms with van der Waals surface area (Å²) in [5, 5.41) is 1.17. The number of hydrogen-bond donors (Lipinski definition) is 0. The van der Waals surface area contributed by atoms with Crippen LogP contribution < -0.4 is 4.74 Å². The van der Waals surface area contributed by atoms with Crippen LogP contribution in [0.1, 0.15) is 63.3 Å². The Hall–Kier alpha value is -1.93. The molecule has 8 heteroatoms. The topological polar surface area (TPSA) is 67.8 Å². The highest BCUT2D eigenvalue weighted by molar-refractivity contribution is 7.18. The Morgan fingerprint density at radius 2 is 1.81 bits per heavy atom. The quantitative estimate of drug-likeness (QED) is 0.678. The van der Waals surface area contributed by atoms with Gasteiger partial charge in [0.2, 0.25) is 5.88 Å². The summed E-state index contributed by atoms with van der Waals surface area (Å²) in [4.78, 5) is 28.3. The summed E-state index contributed by atoms with van der Waals surface area (Å²) in [5.74, 6) is 0.795. The van der Waals surface area contributed by atoms with E-state index in [4.69, 9.17) is 9.47 Å². The lowest BCUT2D eigenvalue weighted by atomic mass is 9.91. The molecule has 174 valence electrons. The molecule has 1 aliphatic heterocycles. The Balaban J connectivity index is 1.13. The van der Waals surface area contributed by atoms with Gasteiger partial charge in [-0.25, -0.2) is 14.8 Å². The molecule has 1 saturated carbocycles. The van der Waals surface area contributed by atoms with E-state index in [1.807, 2.05) is 37.0 Å². The zero-order valence-corrected chi connectivity index (χ0v) is 20.2. The molecule has 0 unspecified atom stereocenters. The van der Waals surface area contributed by atoms with Crippen LogP contribution in [-0.2, 0) is 17.6 Å². The number of aromatic nitrogens is 2. The Bertz CT molecular complexity index is 970. The minimum absolute atomic E-state index is 0.190. The minimum Gasteiger partial charge on any atom is -0.474 e. The SMILES string of the molecule is CC(C)(C)OC(=O)N1CCN(C2CCC(Oc3ncnc4sc5c(c34)CCC5)CC2)CC1. The molecule has 2 fully saturated rings. The lowest BCUT2D eigenvalue weighted by Gasteiger charge is -2.42. The van der Waals surface area contributed by atoms with Crippen LogP contribution in [0.4, 0.5) is 4.79 Å². The van der Waals surface area contributed by atoms with Gasteiger partial charge in [0, 0.05) is 37.1 Å². The van der Waals surface area contributed by atoms with Gasteiger partial charge in [-0.15, -0.1) is 11.3 Å². The van der Waals surface area contributed by atoms with Crippen molar-refractivity contribution in [1.29, 1.82) is 0 Å². The maximum absolute atomic E-state index is 12.3. The number of piperazine rings is 1. The molecule has 2 aliphatic carbocycles. The van der Waals surface area contributed by atoms with Crippen molar-refractivity contribution >= 4 is 27.6 Å². The number of thiophene rings is 1. The lowest BCUT2D eigenvalue weighted by Crippen LogP contribution is -2.53. The number of ether oxygens (including phenoxy) is 2. The molecule has 0 atom stereocenters. The second kappa shape index (κ2) is 8.78. The normalized spacial score (nSPS) is 24.5. The van der Waals surface area contributed by atoms with Crippen LogP contribution in [0.2, 0.25) is 0 Å².